The monoisotopic (exact) mass is 389 g/mol. The molecule has 0 aromatic heterocycles. The number of benzene rings is 2. The highest BCUT2D eigenvalue weighted by atomic mass is 79.9. The van der Waals surface area contributed by atoms with Crippen LogP contribution in [0.15, 0.2) is 34.8 Å². The van der Waals surface area contributed by atoms with Gasteiger partial charge in [-0.25, -0.2) is 0 Å². The lowest BCUT2D eigenvalue weighted by atomic mass is 10.1. The number of hydrogen-bond donors (Lipinski definition) is 2. The molecule has 0 fully saturated rings. The van der Waals surface area contributed by atoms with Gasteiger partial charge < -0.3 is 15.2 Å². The molecule has 0 radical (unpaired) electrons. The van der Waals surface area contributed by atoms with E-state index in [9.17, 15) is 5.11 Å². The van der Waals surface area contributed by atoms with Gasteiger partial charge in [-0.2, -0.15) is 0 Å². The first-order chi connectivity index (χ1) is 9.93. The molecule has 1 atom stereocenters. The number of methoxy groups -OCH3 is 1. The Morgan fingerprint density at radius 2 is 1.90 bits per heavy atom. The minimum atomic E-state index is -0.0331. The van der Waals surface area contributed by atoms with E-state index in [1.54, 1.807) is 12.1 Å². The van der Waals surface area contributed by atoms with Crippen LogP contribution in [0.1, 0.15) is 18.5 Å². The molecule has 3 nitrogen and oxygen atoms in total. The van der Waals surface area contributed by atoms with E-state index < -0.39 is 0 Å². The van der Waals surface area contributed by atoms with Gasteiger partial charge in [0.15, 0.2) is 11.5 Å². The number of phenols is 1. The van der Waals surface area contributed by atoms with Gasteiger partial charge in [0, 0.05) is 10.5 Å². The Kier molecular flexibility index (Phi) is 5.25. The summed E-state index contributed by atoms with van der Waals surface area (Å²) in [6, 6.07) is 8.86. The predicted octanol–water partition coefficient (Wildman–Crippen LogP) is 5.64. The van der Waals surface area contributed by atoms with E-state index in [1.165, 1.54) is 7.11 Å². The Hall–Kier alpha value is -1.10. The summed E-state index contributed by atoms with van der Waals surface area (Å²) >= 11 is 15.7. The summed E-state index contributed by atoms with van der Waals surface area (Å²) in [5.41, 5.74) is 1.70. The van der Waals surface area contributed by atoms with Gasteiger partial charge in [-0.1, -0.05) is 29.3 Å². The topological polar surface area (TPSA) is 41.5 Å². The molecule has 2 N–H and O–H groups in total. The Morgan fingerprint density at radius 3 is 2.57 bits per heavy atom. The molecular formula is C15H14BrCl2NO2. The van der Waals surface area contributed by atoms with Gasteiger partial charge in [-0.3, -0.25) is 0 Å². The maximum absolute atomic E-state index is 9.63. The van der Waals surface area contributed by atoms with Crippen molar-refractivity contribution in [1.82, 2.24) is 0 Å². The number of ether oxygens (including phenoxy) is 1. The molecule has 112 valence electrons. The third kappa shape index (κ3) is 3.57. The van der Waals surface area contributed by atoms with Gasteiger partial charge in [0.2, 0.25) is 0 Å². The first-order valence-electron chi connectivity index (χ1n) is 6.21. The molecule has 0 aliphatic carbocycles. The molecule has 0 amide bonds. The summed E-state index contributed by atoms with van der Waals surface area (Å²) in [6.07, 6.45) is 0. The average molecular weight is 391 g/mol. The van der Waals surface area contributed by atoms with E-state index in [1.807, 2.05) is 25.1 Å². The normalized spacial score (nSPS) is 12.0. The van der Waals surface area contributed by atoms with Crippen molar-refractivity contribution < 1.29 is 9.84 Å². The second-order valence-corrected chi connectivity index (χ2v) is 6.13. The highest BCUT2D eigenvalue weighted by Crippen LogP contribution is 2.38. The fraction of sp³-hybridized carbons (Fsp3) is 0.200. The minimum Gasteiger partial charge on any atom is -0.504 e. The molecule has 0 heterocycles. The third-order valence-corrected chi connectivity index (χ3v) is 4.88. The van der Waals surface area contributed by atoms with Crippen molar-refractivity contribution in [3.05, 3.63) is 50.4 Å². The van der Waals surface area contributed by atoms with E-state index in [2.05, 4.69) is 21.2 Å². The molecule has 2 rings (SSSR count). The lowest BCUT2D eigenvalue weighted by Gasteiger charge is -2.18. The lowest BCUT2D eigenvalue weighted by Crippen LogP contribution is -2.07. The fourth-order valence-corrected chi connectivity index (χ4v) is 2.75. The van der Waals surface area contributed by atoms with Gasteiger partial charge in [-0.15, -0.1) is 0 Å². The summed E-state index contributed by atoms with van der Waals surface area (Å²) in [7, 11) is 1.52. The summed E-state index contributed by atoms with van der Waals surface area (Å²) in [4.78, 5) is 0. The number of aromatic hydroxyl groups is 1. The maximum Gasteiger partial charge on any atom is 0.160 e. The summed E-state index contributed by atoms with van der Waals surface area (Å²) < 4.78 is 5.86. The predicted molar refractivity (Wildman–Crippen MR) is 90.9 cm³/mol. The Bertz CT molecular complexity index is 664. The van der Waals surface area contributed by atoms with Crippen molar-refractivity contribution in [1.29, 1.82) is 0 Å². The highest BCUT2D eigenvalue weighted by molar-refractivity contribution is 9.10. The van der Waals surface area contributed by atoms with Crippen molar-refractivity contribution in [2.45, 2.75) is 13.0 Å². The number of halogens is 3. The van der Waals surface area contributed by atoms with Crippen LogP contribution < -0.4 is 10.1 Å². The Balaban J connectivity index is 2.26. The number of anilines is 1. The van der Waals surface area contributed by atoms with Crippen LogP contribution in [-0.4, -0.2) is 12.2 Å². The Morgan fingerprint density at radius 1 is 1.19 bits per heavy atom. The van der Waals surface area contributed by atoms with Crippen molar-refractivity contribution in [3.63, 3.8) is 0 Å². The van der Waals surface area contributed by atoms with Gasteiger partial charge >= 0.3 is 0 Å². The lowest BCUT2D eigenvalue weighted by molar-refractivity contribution is 0.373. The molecule has 2 aromatic rings. The largest absolute Gasteiger partial charge is 0.504 e. The van der Waals surface area contributed by atoms with Crippen molar-refractivity contribution in [3.8, 4) is 11.5 Å². The number of nitrogens with one attached hydrogen (secondary N) is 1. The van der Waals surface area contributed by atoms with Gasteiger partial charge in [0.25, 0.3) is 0 Å². The van der Waals surface area contributed by atoms with Crippen LogP contribution in [0.25, 0.3) is 0 Å². The quantitative estimate of drug-likeness (QED) is 0.663. The first-order valence-corrected chi connectivity index (χ1v) is 7.76. The summed E-state index contributed by atoms with van der Waals surface area (Å²) in [5.74, 6) is 0.541. The molecule has 0 saturated carbocycles. The molecule has 0 aliphatic rings. The summed E-state index contributed by atoms with van der Waals surface area (Å²) in [6.45, 7) is 1.98. The molecule has 6 heteroatoms. The van der Waals surface area contributed by atoms with Crippen molar-refractivity contribution in [2.24, 2.45) is 0 Å². The zero-order valence-electron chi connectivity index (χ0n) is 11.5. The Labute approximate surface area is 142 Å². The van der Waals surface area contributed by atoms with Crippen molar-refractivity contribution in [2.75, 3.05) is 12.4 Å². The van der Waals surface area contributed by atoms with Crippen LogP contribution in [0.2, 0.25) is 10.0 Å². The van der Waals surface area contributed by atoms with E-state index >= 15 is 0 Å². The zero-order chi connectivity index (χ0) is 15.6. The van der Waals surface area contributed by atoms with Crippen LogP contribution in [0.4, 0.5) is 5.69 Å². The molecule has 21 heavy (non-hydrogen) atoms. The molecule has 0 saturated heterocycles. The smallest absolute Gasteiger partial charge is 0.160 e. The van der Waals surface area contributed by atoms with Gasteiger partial charge in [0.1, 0.15) is 0 Å². The third-order valence-electron chi connectivity index (χ3n) is 3.11. The number of rotatable bonds is 4. The molecule has 1 unspecified atom stereocenters. The minimum absolute atomic E-state index is 0.0331. The van der Waals surface area contributed by atoms with Crippen LogP contribution in [-0.2, 0) is 0 Å². The van der Waals surface area contributed by atoms with E-state index in [0.717, 1.165) is 15.7 Å². The highest BCUT2D eigenvalue weighted by Gasteiger charge is 2.13. The molecule has 2 aromatic carbocycles. The molecule has 0 bridgehead atoms. The number of phenolic OH excluding ortho intramolecular Hbond substituents is 1. The van der Waals surface area contributed by atoms with Crippen LogP contribution in [0.5, 0.6) is 11.5 Å². The van der Waals surface area contributed by atoms with Crippen LogP contribution in [0.3, 0.4) is 0 Å². The average Bonchev–Trinajstić information content (AvgIpc) is 2.48. The zero-order valence-corrected chi connectivity index (χ0v) is 14.6. The SMILES string of the molecule is COc1cc(C(C)Nc2ccc(Br)c(Cl)c2Cl)ccc1O. The maximum atomic E-state index is 9.63. The fourth-order valence-electron chi connectivity index (χ4n) is 1.92. The van der Waals surface area contributed by atoms with E-state index in [-0.39, 0.29) is 11.8 Å². The second-order valence-electron chi connectivity index (χ2n) is 4.52. The van der Waals surface area contributed by atoms with Crippen LogP contribution >= 0.6 is 39.1 Å². The van der Waals surface area contributed by atoms with E-state index in [0.29, 0.717) is 15.8 Å². The summed E-state index contributed by atoms with van der Waals surface area (Å²) in [5, 5.41) is 13.9. The molecule has 0 aliphatic heterocycles. The van der Waals surface area contributed by atoms with Crippen LogP contribution in [0, 0.1) is 0 Å². The van der Waals surface area contributed by atoms with E-state index in [4.69, 9.17) is 27.9 Å². The first kappa shape index (κ1) is 16.3. The molecule has 0 spiro atoms. The number of hydrogen-bond acceptors (Lipinski definition) is 3. The molecular weight excluding hydrogens is 377 g/mol. The van der Waals surface area contributed by atoms with Crippen molar-refractivity contribution >= 4 is 44.8 Å². The van der Waals surface area contributed by atoms with Gasteiger partial charge in [0.05, 0.1) is 22.8 Å². The van der Waals surface area contributed by atoms with Gasteiger partial charge in [-0.05, 0) is 52.7 Å². The second kappa shape index (κ2) is 6.77. The standard InChI is InChI=1S/C15H14BrCl2NO2/c1-8(9-3-6-12(20)13(7-9)21-2)19-11-5-4-10(16)14(17)15(11)18/h3-8,19-20H,1-2H3.